The summed E-state index contributed by atoms with van der Waals surface area (Å²) < 4.78 is 11.5. The number of ether oxygens (including phenoxy) is 2. The van der Waals surface area contributed by atoms with Gasteiger partial charge in [0.1, 0.15) is 42.1 Å². The maximum absolute atomic E-state index is 5.56. The van der Waals surface area contributed by atoms with Crippen LogP contribution in [0.5, 0.6) is 11.5 Å². The molecule has 0 spiro atoms. The van der Waals surface area contributed by atoms with Crippen molar-refractivity contribution in [1.29, 1.82) is 0 Å². The maximum atomic E-state index is 5.56. The second kappa shape index (κ2) is 10.2. The second-order valence-electron chi connectivity index (χ2n) is 4.66. The van der Waals surface area contributed by atoms with Gasteiger partial charge in [-0.1, -0.05) is 0 Å². The first kappa shape index (κ1) is 22.8. The molecule has 2 nitrogen and oxygen atoms in total. The van der Waals surface area contributed by atoms with E-state index >= 15 is 0 Å². The molecule has 0 aliphatic heterocycles. The molecule has 6 heteroatoms. The lowest BCUT2D eigenvalue weighted by Crippen LogP contribution is -3.00. The summed E-state index contributed by atoms with van der Waals surface area (Å²) in [5.41, 5.74) is 2.40. The largest absolute Gasteiger partial charge is 1.00 e. The molecule has 0 unspecified atom stereocenters. The molecule has 1 aromatic carbocycles. The molecule has 1 rings (SSSR count). The standard InChI is InChI=1S/C14H24O2S2.2BrH/c1-10-8-13(16-3)11(9-12(10)15-2)14(17(4)5)18(6)7;;/h8-9,14H,1-7H3;2*1H/q+2;;/p-2. The Morgan fingerprint density at radius 3 is 1.65 bits per heavy atom. The van der Waals surface area contributed by atoms with Crippen LogP contribution in [0.3, 0.4) is 0 Å². The second-order valence-corrected chi connectivity index (χ2v) is 9.41. The van der Waals surface area contributed by atoms with Gasteiger partial charge in [-0.3, -0.25) is 0 Å². The van der Waals surface area contributed by atoms with E-state index in [-0.39, 0.29) is 34.0 Å². The summed E-state index contributed by atoms with van der Waals surface area (Å²) in [6, 6.07) is 4.24. The Morgan fingerprint density at radius 1 is 0.850 bits per heavy atom. The SMILES string of the molecule is COc1cc(C([S+](C)C)[S+](C)C)c(OC)cc1C.[Br-].[Br-]. The highest BCUT2D eigenvalue weighted by Crippen LogP contribution is 2.38. The Morgan fingerprint density at radius 2 is 1.30 bits per heavy atom. The molecule has 0 saturated heterocycles. The van der Waals surface area contributed by atoms with Gasteiger partial charge in [0.2, 0.25) is 0 Å². The molecule has 0 bridgehead atoms. The fourth-order valence-corrected chi connectivity index (χ4v) is 6.61. The highest BCUT2D eigenvalue weighted by atomic mass is 79.9. The molecule has 0 amide bonds. The number of aryl methyl sites for hydroxylation is 1. The van der Waals surface area contributed by atoms with Crippen molar-refractivity contribution in [3.8, 4) is 11.5 Å². The van der Waals surface area contributed by atoms with Crippen LogP contribution in [0.4, 0.5) is 0 Å². The normalized spacial score (nSPS) is 10.3. The van der Waals surface area contributed by atoms with E-state index in [2.05, 4.69) is 44.1 Å². The van der Waals surface area contributed by atoms with E-state index in [9.17, 15) is 0 Å². The maximum Gasteiger partial charge on any atom is 0.294 e. The predicted octanol–water partition coefficient (Wildman–Crippen LogP) is -3.23. The van der Waals surface area contributed by atoms with Gasteiger partial charge in [0.25, 0.3) is 4.58 Å². The first-order valence-corrected chi connectivity index (χ1v) is 9.98. The Bertz CT molecular complexity index is 404. The van der Waals surface area contributed by atoms with Gasteiger partial charge in [-0.25, -0.2) is 0 Å². The number of halogens is 2. The summed E-state index contributed by atoms with van der Waals surface area (Å²) in [6.45, 7) is 2.05. The average Bonchev–Trinajstić information content (AvgIpc) is 2.29. The van der Waals surface area contributed by atoms with Crippen LogP contribution in [0.1, 0.15) is 15.7 Å². The van der Waals surface area contributed by atoms with Crippen LogP contribution in [0.25, 0.3) is 0 Å². The molecule has 0 aliphatic carbocycles. The van der Waals surface area contributed by atoms with Gasteiger partial charge in [0.05, 0.1) is 14.2 Å². The van der Waals surface area contributed by atoms with E-state index in [1.165, 1.54) is 5.56 Å². The van der Waals surface area contributed by atoms with Crippen molar-refractivity contribution in [3.05, 3.63) is 23.3 Å². The molecule has 20 heavy (non-hydrogen) atoms. The van der Waals surface area contributed by atoms with E-state index in [0.29, 0.717) is 26.4 Å². The van der Waals surface area contributed by atoms with Crippen LogP contribution in [0.15, 0.2) is 12.1 Å². The summed E-state index contributed by atoms with van der Waals surface area (Å²) in [7, 11) is 4.10. The third kappa shape index (κ3) is 5.35. The van der Waals surface area contributed by atoms with Gasteiger partial charge in [0, 0.05) is 21.8 Å². The molecular formula is C14H24Br2O2S2. The molecule has 0 fully saturated rings. The minimum Gasteiger partial charge on any atom is -1.00 e. The first-order valence-electron chi connectivity index (χ1n) is 5.77. The third-order valence-electron chi connectivity index (χ3n) is 2.86. The highest BCUT2D eigenvalue weighted by molar-refractivity contribution is 8.12. The lowest BCUT2D eigenvalue weighted by Gasteiger charge is -2.16. The van der Waals surface area contributed by atoms with Crippen molar-refractivity contribution in [1.82, 2.24) is 0 Å². The number of rotatable bonds is 5. The van der Waals surface area contributed by atoms with Gasteiger partial charge in [-0.05, 0) is 24.6 Å². The third-order valence-corrected chi connectivity index (χ3v) is 7.39. The molecule has 0 aromatic heterocycles. The summed E-state index contributed by atoms with van der Waals surface area (Å²) in [5.74, 6) is 1.94. The summed E-state index contributed by atoms with van der Waals surface area (Å²) >= 11 is 0. The van der Waals surface area contributed by atoms with Gasteiger partial charge in [0.15, 0.2) is 0 Å². The van der Waals surface area contributed by atoms with Crippen LogP contribution >= 0.6 is 0 Å². The smallest absolute Gasteiger partial charge is 0.294 e. The van der Waals surface area contributed by atoms with Crippen molar-refractivity contribution in [3.63, 3.8) is 0 Å². The topological polar surface area (TPSA) is 18.5 Å². The van der Waals surface area contributed by atoms with E-state index in [1.807, 2.05) is 0 Å². The van der Waals surface area contributed by atoms with Crippen molar-refractivity contribution in [2.75, 3.05) is 39.2 Å². The molecule has 0 atom stereocenters. The van der Waals surface area contributed by atoms with Gasteiger partial charge in [-0.15, -0.1) is 0 Å². The first-order chi connectivity index (χ1) is 8.42. The lowest BCUT2D eigenvalue weighted by molar-refractivity contribution is -0.00100. The molecular weight excluding hydrogens is 424 g/mol. The molecule has 0 saturated carbocycles. The number of methoxy groups -OCH3 is 2. The molecule has 0 radical (unpaired) electrons. The summed E-state index contributed by atoms with van der Waals surface area (Å²) in [4.78, 5) is 0. The highest BCUT2D eigenvalue weighted by Gasteiger charge is 2.38. The molecule has 0 heterocycles. The molecule has 0 N–H and O–H groups in total. The van der Waals surface area contributed by atoms with E-state index in [0.717, 1.165) is 17.1 Å². The van der Waals surface area contributed by atoms with E-state index in [1.54, 1.807) is 14.2 Å². The molecule has 118 valence electrons. The fourth-order valence-electron chi connectivity index (χ4n) is 2.15. The summed E-state index contributed by atoms with van der Waals surface area (Å²) in [5, 5.41) is 0. The van der Waals surface area contributed by atoms with Crippen LogP contribution in [-0.2, 0) is 21.8 Å². The van der Waals surface area contributed by atoms with Crippen molar-refractivity contribution in [2.45, 2.75) is 11.5 Å². The monoisotopic (exact) mass is 446 g/mol. The fraction of sp³-hybridized carbons (Fsp3) is 0.571. The summed E-state index contributed by atoms with van der Waals surface area (Å²) in [6.07, 6.45) is 9.18. The quantitative estimate of drug-likeness (QED) is 0.442. The van der Waals surface area contributed by atoms with Crippen LogP contribution in [-0.4, -0.2) is 39.2 Å². The zero-order valence-electron chi connectivity index (χ0n) is 13.1. The Balaban J connectivity index is 0. The van der Waals surface area contributed by atoms with E-state index in [4.69, 9.17) is 9.47 Å². The number of benzene rings is 1. The Kier molecular flexibility index (Phi) is 11.7. The van der Waals surface area contributed by atoms with Crippen molar-refractivity contribution < 1.29 is 43.4 Å². The van der Waals surface area contributed by atoms with Crippen LogP contribution in [0, 0.1) is 6.92 Å². The predicted molar refractivity (Wildman–Crippen MR) is 85.5 cm³/mol. The van der Waals surface area contributed by atoms with Crippen molar-refractivity contribution in [2.24, 2.45) is 0 Å². The van der Waals surface area contributed by atoms with Gasteiger partial charge in [-0.2, -0.15) is 0 Å². The molecule has 1 aromatic rings. The Labute approximate surface area is 150 Å². The molecule has 0 aliphatic rings. The van der Waals surface area contributed by atoms with Crippen LogP contribution in [0.2, 0.25) is 0 Å². The Hall–Kier alpha value is 0.480. The van der Waals surface area contributed by atoms with Crippen LogP contribution < -0.4 is 43.4 Å². The minimum atomic E-state index is 0. The number of hydrogen-bond donors (Lipinski definition) is 0. The lowest BCUT2D eigenvalue weighted by atomic mass is 10.1. The van der Waals surface area contributed by atoms with E-state index < -0.39 is 0 Å². The average molecular weight is 448 g/mol. The van der Waals surface area contributed by atoms with Gasteiger partial charge < -0.3 is 43.4 Å². The minimum absolute atomic E-state index is 0. The zero-order valence-corrected chi connectivity index (χ0v) is 17.9. The zero-order chi connectivity index (χ0) is 13.9. The van der Waals surface area contributed by atoms with Gasteiger partial charge >= 0.3 is 0 Å². The van der Waals surface area contributed by atoms with Crippen molar-refractivity contribution >= 4 is 21.8 Å². The number of hydrogen-bond acceptors (Lipinski definition) is 2.